The Bertz CT molecular complexity index is 3850. The van der Waals surface area contributed by atoms with E-state index in [1.54, 1.807) is 0 Å². The van der Waals surface area contributed by atoms with Gasteiger partial charge in [-0.05, 0) is 184 Å². The number of benzene rings is 13. The first-order valence-electron chi connectivity index (χ1n) is 25.9. The van der Waals surface area contributed by atoms with Crippen molar-refractivity contribution in [2.24, 2.45) is 0 Å². The van der Waals surface area contributed by atoms with Gasteiger partial charge in [0.25, 0.3) is 0 Å². The molecule has 0 aliphatic carbocycles. The highest BCUT2D eigenvalue weighted by Crippen LogP contribution is 2.46. The maximum Gasteiger partial charge on any atom is 0.0461 e. The molecule has 0 amide bonds. The summed E-state index contributed by atoms with van der Waals surface area (Å²) in [6.07, 6.45) is 0. The van der Waals surface area contributed by atoms with Crippen LogP contribution < -0.4 is 9.80 Å². The fourth-order valence-electron chi connectivity index (χ4n) is 11.8. The smallest absolute Gasteiger partial charge is 0.0461 e. The highest BCUT2D eigenvalue weighted by atomic mass is 15.1. The van der Waals surface area contributed by atoms with E-state index >= 15 is 0 Å². The third-order valence-electron chi connectivity index (χ3n) is 16.0. The SMILES string of the molecule is CC(C)(c1ccc(N(c2ccccc2)c2ccccc2)cc1)c1ccc2c3ccc(C(C)(C)c4ccc(N(c5ccccc5)c5ccccc5)cc4)cc3c3cc4c5ccccc5c5ccccc5c4cc3c2c1. The van der Waals surface area contributed by atoms with E-state index in [0.717, 1.165) is 34.1 Å². The van der Waals surface area contributed by atoms with Gasteiger partial charge in [0.15, 0.2) is 0 Å². The summed E-state index contributed by atoms with van der Waals surface area (Å²) in [6.45, 7) is 9.48. The van der Waals surface area contributed by atoms with E-state index in [9.17, 15) is 0 Å². The minimum Gasteiger partial charge on any atom is -0.311 e. The lowest BCUT2D eigenvalue weighted by molar-refractivity contribution is 0.641. The number of rotatable bonds is 10. The topological polar surface area (TPSA) is 6.48 Å². The molecule has 0 fully saturated rings. The van der Waals surface area contributed by atoms with Gasteiger partial charge in [0.05, 0.1) is 0 Å². The van der Waals surface area contributed by atoms with Crippen molar-refractivity contribution in [2.45, 2.75) is 38.5 Å². The molecule has 0 spiro atoms. The lowest BCUT2D eigenvalue weighted by Gasteiger charge is -2.30. The van der Waals surface area contributed by atoms with Crippen LogP contribution >= 0.6 is 0 Å². The summed E-state index contributed by atoms with van der Waals surface area (Å²) in [5, 5.41) is 15.3. The van der Waals surface area contributed by atoms with Gasteiger partial charge in [0, 0.05) is 45.0 Å². The fraction of sp³-hybridized carbons (Fsp3) is 0.0833. The molecule has 0 heterocycles. The second-order valence-corrected chi connectivity index (χ2v) is 20.9. The number of para-hydroxylation sites is 4. The van der Waals surface area contributed by atoms with Crippen LogP contribution in [-0.4, -0.2) is 0 Å². The molecule has 0 unspecified atom stereocenters. The highest BCUT2D eigenvalue weighted by Gasteiger charge is 2.28. The standard InChI is InChI=1S/C72H56N2/c1-71(2,49-33-39-57(40-34-49)73(53-21-9-5-10-22-53)54-23-11-6-12-24-54)51-37-43-63-64-44-38-52(72(3,4)50-35-41-58(42-36-50)74(55-25-13-7-14-26-55)56-27-15-8-16-28-56)46-66(64)70-48-68-62-32-20-18-30-60(62)59-29-17-19-31-61(59)67(68)47-69(70)65(63)45-51/h5-48H,1-4H3. The van der Waals surface area contributed by atoms with Gasteiger partial charge in [0.1, 0.15) is 0 Å². The van der Waals surface area contributed by atoms with Crippen LogP contribution in [0.4, 0.5) is 34.1 Å². The van der Waals surface area contributed by atoms with Gasteiger partial charge in [-0.25, -0.2) is 0 Å². The fourth-order valence-corrected chi connectivity index (χ4v) is 11.8. The monoisotopic (exact) mass is 948 g/mol. The van der Waals surface area contributed by atoms with Gasteiger partial charge in [-0.2, -0.15) is 0 Å². The van der Waals surface area contributed by atoms with Gasteiger partial charge in [-0.1, -0.05) is 198 Å². The van der Waals surface area contributed by atoms with Crippen molar-refractivity contribution in [3.63, 3.8) is 0 Å². The van der Waals surface area contributed by atoms with E-state index in [-0.39, 0.29) is 10.8 Å². The highest BCUT2D eigenvalue weighted by molar-refractivity contribution is 6.33. The zero-order valence-electron chi connectivity index (χ0n) is 42.3. The molecule has 0 saturated heterocycles. The lowest BCUT2D eigenvalue weighted by Crippen LogP contribution is -2.19. The molecule has 13 aromatic carbocycles. The van der Waals surface area contributed by atoms with Crippen molar-refractivity contribution >= 4 is 98.8 Å². The van der Waals surface area contributed by atoms with Crippen LogP contribution in [-0.2, 0) is 10.8 Å². The molecule has 0 aliphatic rings. The minimum atomic E-state index is -0.291. The van der Waals surface area contributed by atoms with Gasteiger partial charge in [0.2, 0.25) is 0 Å². The summed E-state index contributed by atoms with van der Waals surface area (Å²) in [5.41, 5.74) is 11.3. The Kier molecular flexibility index (Phi) is 10.9. The Morgan fingerprint density at radius 3 is 0.716 bits per heavy atom. The number of nitrogens with zero attached hydrogens (tertiary/aromatic N) is 2. The van der Waals surface area contributed by atoms with E-state index in [1.165, 1.54) is 86.9 Å². The third-order valence-corrected chi connectivity index (χ3v) is 16.0. The second kappa shape index (κ2) is 17.9. The van der Waals surface area contributed by atoms with E-state index < -0.39 is 0 Å². The lowest BCUT2D eigenvalue weighted by atomic mass is 9.75. The first-order valence-corrected chi connectivity index (χ1v) is 25.9. The Balaban J connectivity index is 0.964. The van der Waals surface area contributed by atoms with Crippen LogP contribution in [0.15, 0.2) is 267 Å². The average molecular weight is 949 g/mol. The van der Waals surface area contributed by atoms with Crippen LogP contribution in [0, 0.1) is 0 Å². The maximum absolute atomic E-state index is 2.51. The van der Waals surface area contributed by atoms with Crippen molar-refractivity contribution in [1.82, 2.24) is 0 Å². The zero-order valence-corrected chi connectivity index (χ0v) is 42.3. The Hall–Kier alpha value is -8.98. The second-order valence-electron chi connectivity index (χ2n) is 20.9. The molecule has 0 aliphatic heterocycles. The maximum atomic E-state index is 2.51. The van der Waals surface area contributed by atoms with Gasteiger partial charge < -0.3 is 9.80 Å². The first kappa shape index (κ1) is 44.9. The summed E-state index contributed by atoms with van der Waals surface area (Å²) in [5.74, 6) is 0. The first-order chi connectivity index (χ1) is 36.2. The largest absolute Gasteiger partial charge is 0.311 e. The number of hydrogen-bond donors (Lipinski definition) is 0. The Morgan fingerprint density at radius 2 is 0.405 bits per heavy atom. The van der Waals surface area contributed by atoms with Crippen molar-refractivity contribution < 1.29 is 0 Å². The van der Waals surface area contributed by atoms with Gasteiger partial charge in [-0.3, -0.25) is 0 Å². The van der Waals surface area contributed by atoms with Gasteiger partial charge >= 0.3 is 0 Å². The summed E-state index contributed by atoms with van der Waals surface area (Å²) in [7, 11) is 0. The summed E-state index contributed by atoms with van der Waals surface area (Å²) in [6, 6.07) is 98.4. The summed E-state index contributed by atoms with van der Waals surface area (Å²) < 4.78 is 0. The Morgan fingerprint density at radius 1 is 0.189 bits per heavy atom. The average Bonchev–Trinajstić information content (AvgIpc) is 3.48. The molecule has 74 heavy (non-hydrogen) atoms. The van der Waals surface area contributed by atoms with Crippen molar-refractivity contribution in [2.75, 3.05) is 9.80 Å². The predicted molar refractivity (Wildman–Crippen MR) is 318 cm³/mol. The number of anilines is 6. The van der Waals surface area contributed by atoms with Crippen molar-refractivity contribution in [3.8, 4) is 0 Å². The van der Waals surface area contributed by atoms with E-state index in [2.05, 4.69) is 304 Å². The zero-order chi connectivity index (χ0) is 50.0. The predicted octanol–water partition coefficient (Wildman–Crippen LogP) is 20.2. The summed E-state index contributed by atoms with van der Waals surface area (Å²) >= 11 is 0. The van der Waals surface area contributed by atoms with Gasteiger partial charge in [-0.15, -0.1) is 0 Å². The molecule has 0 saturated carbocycles. The summed E-state index contributed by atoms with van der Waals surface area (Å²) in [4.78, 5) is 4.66. The molecular formula is C72H56N2. The van der Waals surface area contributed by atoms with Crippen molar-refractivity contribution in [3.05, 3.63) is 289 Å². The molecule has 0 aromatic heterocycles. The normalized spacial score (nSPS) is 12.1. The molecule has 0 bridgehead atoms. The molecule has 2 heteroatoms. The third kappa shape index (κ3) is 7.56. The minimum absolute atomic E-state index is 0.291. The Labute approximate surface area is 434 Å². The van der Waals surface area contributed by atoms with Crippen LogP contribution in [0.2, 0.25) is 0 Å². The number of fused-ring (bicyclic) bond motifs is 12. The molecule has 0 radical (unpaired) electrons. The molecule has 0 N–H and O–H groups in total. The van der Waals surface area contributed by atoms with Crippen LogP contribution in [0.3, 0.4) is 0 Å². The quantitative estimate of drug-likeness (QED) is 0.0996. The van der Waals surface area contributed by atoms with E-state index in [0.29, 0.717) is 0 Å². The van der Waals surface area contributed by atoms with E-state index in [4.69, 9.17) is 0 Å². The number of hydrogen-bond acceptors (Lipinski definition) is 2. The molecule has 2 nitrogen and oxygen atoms in total. The van der Waals surface area contributed by atoms with Crippen molar-refractivity contribution in [1.29, 1.82) is 0 Å². The molecule has 13 aromatic rings. The van der Waals surface area contributed by atoms with Crippen LogP contribution in [0.5, 0.6) is 0 Å². The molecule has 354 valence electrons. The molecule has 0 atom stereocenters. The molecular weight excluding hydrogens is 893 g/mol. The van der Waals surface area contributed by atoms with E-state index in [1.807, 2.05) is 0 Å². The molecule has 13 rings (SSSR count). The van der Waals surface area contributed by atoms with Crippen LogP contribution in [0.1, 0.15) is 49.9 Å². The van der Waals surface area contributed by atoms with Crippen LogP contribution in [0.25, 0.3) is 64.6 Å².